The second-order valence-electron chi connectivity index (χ2n) is 11.2. The van der Waals surface area contributed by atoms with Crippen molar-refractivity contribution in [3.63, 3.8) is 0 Å². The number of nitrogens with zero attached hydrogens (tertiary/aromatic N) is 2. The number of anilines is 3. The maximum atomic E-state index is 6.33. The van der Waals surface area contributed by atoms with E-state index in [0.717, 1.165) is 77.4 Å². The minimum Gasteiger partial charge on any atom is -0.456 e. The molecule has 10 aromatic rings. The molecule has 206 valence electrons. The Labute approximate surface area is 255 Å². The maximum Gasteiger partial charge on any atom is 0.137 e. The van der Waals surface area contributed by atoms with Gasteiger partial charge in [-0.1, -0.05) is 54.6 Å². The van der Waals surface area contributed by atoms with E-state index in [0.29, 0.717) is 0 Å². The smallest absolute Gasteiger partial charge is 0.137 e. The molecule has 5 heteroatoms. The van der Waals surface area contributed by atoms with Crippen molar-refractivity contribution in [3.05, 3.63) is 133 Å². The molecule has 0 aliphatic rings. The van der Waals surface area contributed by atoms with E-state index in [2.05, 4.69) is 108 Å². The van der Waals surface area contributed by atoms with Gasteiger partial charge in [0, 0.05) is 60.1 Å². The number of hydrogen-bond donors (Lipinski definition) is 0. The standard InChI is InChI=1S/C39H22N2O2S/c1-4-10-32-23(7-1)19-38-39(40-32)30-17-14-26(22-37(30)44-38)41(24-15-18-35-31(20-24)28-9-3-6-12-34(28)42-35)25-13-16-29-27-8-2-5-11-33(27)43-36(29)21-25/h1-22H. The third-order valence-corrected chi connectivity index (χ3v) is 9.72. The molecule has 4 aromatic heterocycles. The van der Waals surface area contributed by atoms with Gasteiger partial charge in [-0.05, 0) is 72.8 Å². The number of aromatic nitrogens is 1. The molecule has 0 aliphatic heterocycles. The molecule has 0 saturated carbocycles. The van der Waals surface area contributed by atoms with Gasteiger partial charge < -0.3 is 13.7 Å². The molecule has 0 aliphatic carbocycles. The second kappa shape index (κ2) is 8.93. The highest BCUT2D eigenvalue weighted by Gasteiger charge is 2.19. The van der Waals surface area contributed by atoms with Crippen molar-refractivity contribution in [2.24, 2.45) is 0 Å². The maximum absolute atomic E-state index is 6.33. The Balaban J connectivity index is 1.21. The van der Waals surface area contributed by atoms with Gasteiger partial charge in [-0.25, -0.2) is 4.98 Å². The molecular formula is C39H22N2O2S. The molecule has 0 N–H and O–H groups in total. The quantitative estimate of drug-likeness (QED) is 0.208. The van der Waals surface area contributed by atoms with Crippen LogP contribution in [0.3, 0.4) is 0 Å². The Morgan fingerprint density at radius 2 is 1.07 bits per heavy atom. The normalized spacial score (nSPS) is 12.1. The van der Waals surface area contributed by atoms with E-state index < -0.39 is 0 Å². The Morgan fingerprint density at radius 1 is 0.455 bits per heavy atom. The van der Waals surface area contributed by atoms with E-state index in [1.165, 1.54) is 14.8 Å². The molecule has 0 atom stereocenters. The van der Waals surface area contributed by atoms with Gasteiger partial charge in [0.15, 0.2) is 0 Å². The van der Waals surface area contributed by atoms with Crippen molar-refractivity contribution < 1.29 is 8.83 Å². The van der Waals surface area contributed by atoms with Crippen LogP contribution in [0.4, 0.5) is 17.1 Å². The summed E-state index contributed by atoms with van der Waals surface area (Å²) in [5.74, 6) is 0. The summed E-state index contributed by atoms with van der Waals surface area (Å²) in [6.07, 6.45) is 0. The first-order valence-corrected chi connectivity index (χ1v) is 15.4. The van der Waals surface area contributed by atoms with Crippen LogP contribution < -0.4 is 4.90 Å². The lowest BCUT2D eigenvalue weighted by Gasteiger charge is -2.25. The fourth-order valence-electron chi connectivity index (χ4n) is 6.57. The predicted octanol–water partition coefficient (Wildman–Crippen LogP) is 11.9. The number of para-hydroxylation sites is 3. The number of furan rings is 2. The van der Waals surface area contributed by atoms with E-state index in [4.69, 9.17) is 13.8 Å². The van der Waals surface area contributed by atoms with Crippen molar-refractivity contribution in [3.8, 4) is 0 Å². The van der Waals surface area contributed by atoms with Gasteiger partial charge >= 0.3 is 0 Å². The molecule has 10 rings (SSSR count). The SMILES string of the molecule is c1ccc2nc3c(cc2c1)sc1cc(N(c2ccc4c(c2)oc2ccccc24)c2ccc4oc5ccccc5c4c2)ccc13. The Morgan fingerprint density at radius 3 is 1.93 bits per heavy atom. The van der Waals surface area contributed by atoms with Gasteiger partial charge in [-0.2, -0.15) is 0 Å². The van der Waals surface area contributed by atoms with Gasteiger partial charge in [0.25, 0.3) is 0 Å². The monoisotopic (exact) mass is 582 g/mol. The van der Waals surface area contributed by atoms with Crippen LogP contribution in [0.25, 0.3) is 75.1 Å². The highest BCUT2D eigenvalue weighted by atomic mass is 32.1. The number of pyridine rings is 1. The molecule has 0 saturated heterocycles. The van der Waals surface area contributed by atoms with Crippen LogP contribution >= 0.6 is 11.3 Å². The first kappa shape index (κ1) is 23.9. The molecule has 4 nitrogen and oxygen atoms in total. The van der Waals surface area contributed by atoms with E-state index in [9.17, 15) is 0 Å². The summed E-state index contributed by atoms with van der Waals surface area (Å²) in [6.45, 7) is 0. The number of thiophene rings is 1. The molecule has 0 amide bonds. The second-order valence-corrected chi connectivity index (χ2v) is 12.3. The van der Waals surface area contributed by atoms with Gasteiger partial charge in [0.05, 0.1) is 15.7 Å². The zero-order chi connectivity index (χ0) is 28.8. The summed E-state index contributed by atoms with van der Waals surface area (Å²) in [6, 6.07) is 46.6. The van der Waals surface area contributed by atoms with Crippen LogP contribution in [0.1, 0.15) is 0 Å². The summed E-state index contributed by atoms with van der Waals surface area (Å²) in [5.41, 5.74) is 8.73. The molecule has 4 heterocycles. The first-order chi connectivity index (χ1) is 21.8. The van der Waals surface area contributed by atoms with Crippen LogP contribution in [-0.4, -0.2) is 4.98 Å². The van der Waals surface area contributed by atoms with Crippen molar-refractivity contribution in [2.75, 3.05) is 4.90 Å². The topological polar surface area (TPSA) is 42.4 Å². The highest BCUT2D eigenvalue weighted by Crippen LogP contribution is 2.43. The van der Waals surface area contributed by atoms with Crippen molar-refractivity contribution in [1.29, 1.82) is 0 Å². The van der Waals surface area contributed by atoms with E-state index >= 15 is 0 Å². The fourth-order valence-corrected chi connectivity index (χ4v) is 7.70. The molecule has 44 heavy (non-hydrogen) atoms. The van der Waals surface area contributed by atoms with E-state index in [1.54, 1.807) is 11.3 Å². The number of hydrogen-bond acceptors (Lipinski definition) is 5. The van der Waals surface area contributed by atoms with Gasteiger partial charge in [-0.3, -0.25) is 0 Å². The highest BCUT2D eigenvalue weighted by molar-refractivity contribution is 7.25. The average molecular weight is 583 g/mol. The first-order valence-electron chi connectivity index (χ1n) is 14.6. The fraction of sp³-hybridized carbons (Fsp3) is 0. The lowest BCUT2D eigenvalue weighted by Crippen LogP contribution is -2.09. The molecule has 0 spiro atoms. The Kier molecular flexibility index (Phi) is 4.84. The van der Waals surface area contributed by atoms with Crippen LogP contribution in [0.2, 0.25) is 0 Å². The lowest BCUT2D eigenvalue weighted by molar-refractivity contribution is 0.668. The van der Waals surface area contributed by atoms with Crippen LogP contribution in [-0.2, 0) is 0 Å². The Hall–Kier alpha value is -5.65. The lowest BCUT2D eigenvalue weighted by atomic mass is 10.1. The van der Waals surface area contributed by atoms with Crippen LogP contribution in [0, 0.1) is 0 Å². The molecule has 0 unspecified atom stereocenters. The number of rotatable bonds is 3. The molecule has 0 bridgehead atoms. The zero-order valence-corrected chi connectivity index (χ0v) is 24.1. The largest absolute Gasteiger partial charge is 0.456 e. The van der Waals surface area contributed by atoms with Gasteiger partial charge in [0.2, 0.25) is 0 Å². The molecule has 6 aromatic carbocycles. The average Bonchev–Trinajstić information content (AvgIpc) is 3.74. The van der Waals surface area contributed by atoms with Crippen molar-refractivity contribution in [2.45, 2.75) is 0 Å². The summed E-state index contributed by atoms with van der Waals surface area (Å²) < 4.78 is 14.9. The number of benzene rings is 6. The van der Waals surface area contributed by atoms with E-state index in [1.807, 2.05) is 30.3 Å². The van der Waals surface area contributed by atoms with Crippen LogP contribution in [0.5, 0.6) is 0 Å². The van der Waals surface area contributed by atoms with Gasteiger partial charge in [-0.15, -0.1) is 11.3 Å². The third kappa shape index (κ3) is 3.47. The molecule has 0 fully saturated rings. The van der Waals surface area contributed by atoms with Crippen molar-refractivity contribution in [1.82, 2.24) is 4.98 Å². The summed E-state index contributed by atoms with van der Waals surface area (Å²) in [5, 5.41) is 6.76. The van der Waals surface area contributed by atoms with Crippen LogP contribution in [0.15, 0.2) is 142 Å². The van der Waals surface area contributed by atoms with Crippen molar-refractivity contribution >= 4 is 103 Å². The zero-order valence-electron chi connectivity index (χ0n) is 23.3. The van der Waals surface area contributed by atoms with E-state index in [-0.39, 0.29) is 0 Å². The molecular weight excluding hydrogens is 561 g/mol. The molecule has 0 radical (unpaired) electrons. The summed E-state index contributed by atoms with van der Waals surface area (Å²) in [4.78, 5) is 7.35. The minimum absolute atomic E-state index is 0.863. The predicted molar refractivity (Wildman–Crippen MR) is 184 cm³/mol. The summed E-state index contributed by atoms with van der Waals surface area (Å²) >= 11 is 1.79. The number of fused-ring (bicyclic) bond motifs is 10. The summed E-state index contributed by atoms with van der Waals surface area (Å²) in [7, 11) is 0. The third-order valence-electron chi connectivity index (χ3n) is 8.63. The minimum atomic E-state index is 0.863. The Bertz CT molecular complexity index is 2750. The van der Waals surface area contributed by atoms with Gasteiger partial charge in [0.1, 0.15) is 22.3 Å².